The maximum Gasteiger partial charge on any atom is 0.151 e. The molecule has 0 aliphatic carbocycles. The molecule has 1 rings (SSSR count). The molecule has 0 aliphatic heterocycles. The molecule has 2 N–H and O–H groups in total. The van der Waals surface area contributed by atoms with E-state index < -0.39 is 21.1 Å². The maximum absolute atomic E-state index is 11.2. The van der Waals surface area contributed by atoms with Crippen LogP contribution in [-0.2, 0) is 16.3 Å². The zero-order chi connectivity index (χ0) is 10.8. The highest BCUT2D eigenvalue weighted by Gasteiger charge is 2.23. The quantitative estimate of drug-likeness (QED) is 0.800. The molecule has 0 radical (unpaired) electrons. The molecule has 0 aliphatic rings. The second-order valence-corrected chi connectivity index (χ2v) is 5.88. The third-order valence-corrected chi connectivity index (χ3v) is 4.00. The summed E-state index contributed by atoms with van der Waals surface area (Å²) in [5.41, 5.74) is 5.76. The predicted molar refractivity (Wildman–Crippen MR) is 54.7 cm³/mol. The minimum absolute atomic E-state index is 0.420. The Morgan fingerprint density at radius 2 is 2.21 bits per heavy atom. The van der Waals surface area contributed by atoms with E-state index in [0.29, 0.717) is 12.2 Å². The fourth-order valence-electron chi connectivity index (χ4n) is 1.14. The molecule has 0 aromatic carbocycles. The Morgan fingerprint density at radius 3 is 2.64 bits per heavy atom. The number of rotatable bonds is 4. The Balaban J connectivity index is 2.63. The van der Waals surface area contributed by atoms with Gasteiger partial charge in [0.15, 0.2) is 9.84 Å². The molecule has 14 heavy (non-hydrogen) atoms. The van der Waals surface area contributed by atoms with E-state index in [2.05, 4.69) is 0 Å². The molecule has 0 saturated heterocycles. The van der Waals surface area contributed by atoms with Crippen molar-refractivity contribution in [1.82, 2.24) is 0 Å². The van der Waals surface area contributed by atoms with Gasteiger partial charge >= 0.3 is 0 Å². The molecule has 0 fully saturated rings. The minimum Gasteiger partial charge on any atom is -0.469 e. The normalized spacial score (nSPS) is 16.5. The predicted octanol–water partition coefficient (Wildman–Crippen LogP) is 0.583. The van der Waals surface area contributed by atoms with Gasteiger partial charge in [-0.2, -0.15) is 0 Å². The fraction of sp³-hybridized carbons (Fsp3) is 0.556. The highest BCUT2D eigenvalue weighted by molar-refractivity contribution is 7.91. The van der Waals surface area contributed by atoms with Crippen LogP contribution in [0.2, 0.25) is 0 Å². The van der Waals surface area contributed by atoms with Crippen molar-refractivity contribution in [1.29, 1.82) is 0 Å². The van der Waals surface area contributed by atoms with Gasteiger partial charge in [-0.25, -0.2) is 8.42 Å². The highest BCUT2D eigenvalue weighted by atomic mass is 32.2. The molecule has 1 aromatic heterocycles. The van der Waals surface area contributed by atoms with Crippen LogP contribution in [0.15, 0.2) is 22.8 Å². The van der Waals surface area contributed by atoms with Gasteiger partial charge in [-0.1, -0.05) is 0 Å². The lowest BCUT2D eigenvalue weighted by Crippen LogP contribution is -2.39. The first-order valence-electron chi connectivity index (χ1n) is 4.38. The molecule has 0 amide bonds. The standard InChI is InChI=1S/C9H15NO3S/c1-7(14(2,11)12)9(10)6-8-4-3-5-13-8/h3-5,7,9H,6,10H2,1-2H3. The van der Waals surface area contributed by atoms with E-state index in [4.69, 9.17) is 10.2 Å². The van der Waals surface area contributed by atoms with Crippen LogP contribution in [0.5, 0.6) is 0 Å². The molecule has 5 heteroatoms. The van der Waals surface area contributed by atoms with E-state index in [0.717, 1.165) is 0 Å². The molecule has 2 unspecified atom stereocenters. The van der Waals surface area contributed by atoms with Gasteiger partial charge < -0.3 is 10.2 Å². The van der Waals surface area contributed by atoms with Gasteiger partial charge in [0.25, 0.3) is 0 Å². The summed E-state index contributed by atoms with van der Waals surface area (Å²) in [4.78, 5) is 0. The molecule has 4 nitrogen and oxygen atoms in total. The highest BCUT2D eigenvalue weighted by Crippen LogP contribution is 2.09. The zero-order valence-electron chi connectivity index (χ0n) is 8.30. The van der Waals surface area contributed by atoms with Crippen molar-refractivity contribution in [2.75, 3.05) is 6.26 Å². The van der Waals surface area contributed by atoms with Crippen LogP contribution < -0.4 is 5.73 Å². The summed E-state index contributed by atoms with van der Waals surface area (Å²) in [6.07, 6.45) is 3.19. The third-order valence-electron chi connectivity index (χ3n) is 2.30. The van der Waals surface area contributed by atoms with Gasteiger partial charge in [0, 0.05) is 18.7 Å². The van der Waals surface area contributed by atoms with E-state index in [1.807, 2.05) is 0 Å². The number of sulfone groups is 1. The summed E-state index contributed by atoms with van der Waals surface area (Å²) < 4.78 is 27.5. The third kappa shape index (κ3) is 2.85. The van der Waals surface area contributed by atoms with Crippen molar-refractivity contribution in [3.8, 4) is 0 Å². The lowest BCUT2D eigenvalue weighted by molar-refractivity contribution is 0.476. The topological polar surface area (TPSA) is 73.3 Å². The van der Waals surface area contributed by atoms with Crippen LogP contribution in [-0.4, -0.2) is 26.0 Å². The van der Waals surface area contributed by atoms with E-state index >= 15 is 0 Å². The van der Waals surface area contributed by atoms with Gasteiger partial charge in [-0.05, 0) is 19.1 Å². The average molecular weight is 217 g/mol. The zero-order valence-corrected chi connectivity index (χ0v) is 9.12. The second-order valence-electron chi connectivity index (χ2n) is 3.48. The molecule has 0 saturated carbocycles. The lowest BCUT2D eigenvalue weighted by atomic mass is 10.1. The molecular weight excluding hydrogens is 202 g/mol. The van der Waals surface area contributed by atoms with Gasteiger partial charge in [-0.3, -0.25) is 0 Å². The van der Waals surface area contributed by atoms with Crippen molar-refractivity contribution in [2.24, 2.45) is 5.73 Å². The van der Waals surface area contributed by atoms with E-state index in [1.165, 1.54) is 6.26 Å². The van der Waals surface area contributed by atoms with Crippen molar-refractivity contribution >= 4 is 9.84 Å². The molecule has 1 aromatic rings. The monoisotopic (exact) mass is 217 g/mol. The molecule has 80 valence electrons. The number of nitrogens with two attached hydrogens (primary N) is 1. The van der Waals surface area contributed by atoms with Crippen molar-refractivity contribution < 1.29 is 12.8 Å². The first-order chi connectivity index (χ1) is 6.41. The van der Waals surface area contributed by atoms with Crippen LogP contribution in [0.3, 0.4) is 0 Å². The van der Waals surface area contributed by atoms with Crippen molar-refractivity contribution in [2.45, 2.75) is 24.6 Å². The second kappa shape index (κ2) is 4.14. The Kier molecular flexibility index (Phi) is 3.34. The van der Waals surface area contributed by atoms with Gasteiger partial charge in [0.2, 0.25) is 0 Å². The Hall–Kier alpha value is -0.810. The number of hydrogen-bond acceptors (Lipinski definition) is 4. The van der Waals surface area contributed by atoms with Crippen LogP contribution in [0.4, 0.5) is 0 Å². The van der Waals surface area contributed by atoms with Crippen LogP contribution >= 0.6 is 0 Å². The van der Waals surface area contributed by atoms with Gasteiger partial charge in [0.1, 0.15) is 5.76 Å². The van der Waals surface area contributed by atoms with Crippen molar-refractivity contribution in [3.05, 3.63) is 24.2 Å². The van der Waals surface area contributed by atoms with Crippen LogP contribution in [0.25, 0.3) is 0 Å². The first kappa shape index (κ1) is 11.3. The van der Waals surface area contributed by atoms with Gasteiger partial charge in [-0.15, -0.1) is 0 Å². The van der Waals surface area contributed by atoms with E-state index in [-0.39, 0.29) is 0 Å². The van der Waals surface area contributed by atoms with Crippen LogP contribution in [0.1, 0.15) is 12.7 Å². The summed E-state index contributed by atoms with van der Waals surface area (Å²) in [5, 5.41) is -0.549. The first-order valence-corrected chi connectivity index (χ1v) is 6.33. The smallest absolute Gasteiger partial charge is 0.151 e. The van der Waals surface area contributed by atoms with Crippen molar-refractivity contribution in [3.63, 3.8) is 0 Å². The number of furan rings is 1. The lowest BCUT2D eigenvalue weighted by Gasteiger charge is -2.16. The SMILES string of the molecule is CC(C(N)Cc1ccco1)S(C)(=O)=O. The Bertz CT molecular complexity index is 369. The summed E-state index contributed by atoms with van der Waals surface area (Å²) >= 11 is 0. The summed E-state index contributed by atoms with van der Waals surface area (Å²) in [6, 6.07) is 3.12. The summed E-state index contributed by atoms with van der Waals surface area (Å²) in [5.74, 6) is 0.716. The van der Waals surface area contributed by atoms with Gasteiger partial charge in [0.05, 0.1) is 11.5 Å². The Morgan fingerprint density at radius 1 is 1.57 bits per heavy atom. The Labute approximate surface area is 84.0 Å². The van der Waals surface area contributed by atoms with Crippen LogP contribution in [0, 0.1) is 0 Å². The summed E-state index contributed by atoms with van der Waals surface area (Å²) in [7, 11) is -3.07. The molecular formula is C9H15NO3S. The largest absolute Gasteiger partial charge is 0.469 e. The molecule has 0 bridgehead atoms. The fourth-order valence-corrected chi connectivity index (χ4v) is 1.88. The number of hydrogen-bond donors (Lipinski definition) is 1. The minimum atomic E-state index is -3.07. The molecule has 2 atom stereocenters. The van der Waals surface area contributed by atoms with E-state index in [1.54, 1.807) is 25.3 Å². The van der Waals surface area contributed by atoms with E-state index in [9.17, 15) is 8.42 Å². The molecule has 0 spiro atoms. The summed E-state index contributed by atoms with van der Waals surface area (Å²) in [6.45, 7) is 1.61. The molecule has 1 heterocycles. The maximum atomic E-state index is 11.2. The average Bonchev–Trinajstić information content (AvgIpc) is 2.53.